The maximum atomic E-state index is 11.9. The highest BCUT2D eigenvalue weighted by molar-refractivity contribution is 14.1. The molecule has 2 aromatic carbocycles. The number of halogens is 1. The van der Waals surface area contributed by atoms with E-state index < -0.39 is 0 Å². The molecule has 0 unspecified atom stereocenters. The van der Waals surface area contributed by atoms with Crippen LogP contribution in [0.25, 0.3) is 0 Å². The maximum absolute atomic E-state index is 11.9. The van der Waals surface area contributed by atoms with Gasteiger partial charge in [-0.05, 0) is 59.2 Å². The first-order valence-corrected chi connectivity index (χ1v) is 7.84. The lowest BCUT2D eigenvalue weighted by Crippen LogP contribution is -2.12. The Morgan fingerprint density at radius 2 is 1.85 bits per heavy atom. The van der Waals surface area contributed by atoms with Gasteiger partial charge in [0.15, 0.2) is 5.78 Å². The van der Waals surface area contributed by atoms with Gasteiger partial charge in [0, 0.05) is 21.1 Å². The Bertz CT molecular complexity index is 632. The van der Waals surface area contributed by atoms with E-state index in [1.165, 1.54) is 3.57 Å². The monoisotopic (exact) mass is 378 g/mol. The highest BCUT2D eigenvalue weighted by Crippen LogP contribution is 2.30. The van der Waals surface area contributed by atoms with Crippen LogP contribution in [0.1, 0.15) is 34.3 Å². The first kappa shape index (κ1) is 13.6. The van der Waals surface area contributed by atoms with Crippen LogP contribution in [-0.2, 0) is 13.0 Å². The zero-order valence-electron chi connectivity index (χ0n) is 11.1. The second kappa shape index (κ2) is 5.95. The van der Waals surface area contributed by atoms with Gasteiger partial charge >= 0.3 is 0 Å². The highest BCUT2D eigenvalue weighted by atomic mass is 127. The van der Waals surface area contributed by atoms with Crippen LogP contribution < -0.4 is 4.74 Å². The van der Waals surface area contributed by atoms with Crippen molar-refractivity contribution in [2.24, 2.45) is 0 Å². The minimum Gasteiger partial charge on any atom is -0.489 e. The molecule has 3 heteroatoms. The lowest BCUT2D eigenvalue weighted by atomic mass is 9.90. The highest BCUT2D eigenvalue weighted by Gasteiger charge is 2.20. The molecule has 2 aromatic rings. The average Bonchev–Trinajstić information content (AvgIpc) is 2.47. The molecule has 0 amide bonds. The van der Waals surface area contributed by atoms with Crippen LogP contribution in [0.4, 0.5) is 0 Å². The zero-order chi connectivity index (χ0) is 13.9. The number of rotatable bonds is 3. The van der Waals surface area contributed by atoms with Crippen molar-refractivity contribution in [2.45, 2.75) is 25.9 Å². The Hall–Kier alpha value is -1.36. The molecule has 2 nitrogen and oxygen atoms in total. The van der Waals surface area contributed by atoms with Crippen LogP contribution in [0.15, 0.2) is 42.5 Å². The molecule has 0 radical (unpaired) electrons. The van der Waals surface area contributed by atoms with Gasteiger partial charge in [0.25, 0.3) is 0 Å². The molecular formula is C17H15IO2. The first-order valence-electron chi connectivity index (χ1n) is 6.76. The molecule has 0 saturated heterocycles. The third-order valence-corrected chi connectivity index (χ3v) is 4.29. The van der Waals surface area contributed by atoms with Gasteiger partial charge < -0.3 is 4.74 Å². The predicted octanol–water partition coefficient (Wildman–Crippen LogP) is 4.39. The van der Waals surface area contributed by atoms with Gasteiger partial charge in [0.1, 0.15) is 12.4 Å². The summed E-state index contributed by atoms with van der Waals surface area (Å²) in [5.74, 6) is 1.10. The number of benzene rings is 2. The normalized spacial score (nSPS) is 13.9. The smallest absolute Gasteiger partial charge is 0.163 e. The number of ketones is 1. The van der Waals surface area contributed by atoms with Crippen LogP contribution in [0.3, 0.4) is 0 Å². The SMILES string of the molecule is O=C1CCCc2c(OCc3ccc(I)cc3)cccc21. The van der Waals surface area contributed by atoms with Crippen molar-refractivity contribution >= 4 is 28.4 Å². The lowest BCUT2D eigenvalue weighted by molar-refractivity contribution is 0.0971. The molecule has 1 aliphatic rings. The summed E-state index contributed by atoms with van der Waals surface area (Å²) in [5, 5.41) is 0. The fourth-order valence-corrected chi connectivity index (χ4v) is 2.88. The standard InChI is InChI=1S/C17H15IO2/c18-13-9-7-12(8-10-13)11-20-17-6-2-3-14-15(17)4-1-5-16(14)19/h2-3,6-10H,1,4-5,11H2. The summed E-state index contributed by atoms with van der Waals surface area (Å²) in [4.78, 5) is 11.9. The molecule has 0 spiro atoms. The molecule has 0 saturated carbocycles. The molecule has 1 aliphatic carbocycles. The van der Waals surface area contributed by atoms with E-state index in [1.807, 2.05) is 18.2 Å². The van der Waals surface area contributed by atoms with Crippen molar-refractivity contribution in [3.63, 3.8) is 0 Å². The zero-order valence-corrected chi connectivity index (χ0v) is 13.2. The summed E-state index contributed by atoms with van der Waals surface area (Å²) >= 11 is 2.29. The lowest BCUT2D eigenvalue weighted by Gasteiger charge is -2.18. The number of carbonyl (C=O) groups is 1. The molecule has 0 bridgehead atoms. The number of carbonyl (C=O) groups excluding carboxylic acids is 1. The average molecular weight is 378 g/mol. The molecule has 20 heavy (non-hydrogen) atoms. The Labute approximate surface area is 132 Å². The molecule has 0 aromatic heterocycles. The van der Waals surface area contributed by atoms with Crippen LogP contribution in [0.2, 0.25) is 0 Å². The second-order valence-electron chi connectivity index (χ2n) is 4.97. The largest absolute Gasteiger partial charge is 0.489 e. The van der Waals surface area contributed by atoms with Crippen LogP contribution in [0.5, 0.6) is 5.75 Å². The number of fused-ring (bicyclic) bond motifs is 1. The van der Waals surface area contributed by atoms with E-state index >= 15 is 0 Å². The molecular weight excluding hydrogens is 363 g/mol. The number of hydrogen-bond donors (Lipinski definition) is 0. The van der Waals surface area contributed by atoms with Crippen LogP contribution in [-0.4, -0.2) is 5.78 Å². The van der Waals surface area contributed by atoms with Crippen molar-refractivity contribution in [1.82, 2.24) is 0 Å². The summed E-state index contributed by atoms with van der Waals surface area (Å²) < 4.78 is 7.14. The van der Waals surface area contributed by atoms with Gasteiger partial charge in [-0.25, -0.2) is 0 Å². The first-order chi connectivity index (χ1) is 9.74. The molecule has 0 N–H and O–H groups in total. The molecule has 0 fully saturated rings. The van der Waals surface area contributed by atoms with Crippen LogP contribution in [0, 0.1) is 3.57 Å². The van der Waals surface area contributed by atoms with E-state index in [0.717, 1.165) is 35.3 Å². The Morgan fingerprint density at radius 1 is 1.05 bits per heavy atom. The van der Waals surface area contributed by atoms with Gasteiger partial charge in [-0.2, -0.15) is 0 Å². The van der Waals surface area contributed by atoms with Crippen molar-refractivity contribution in [1.29, 1.82) is 0 Å². The Morgan fingerprint density at radius 3 is 2.65 bits per heavy atom. The Kier molecular flexibility index (Phi) is 4.05. The van der Waals surface area contributed by atoms with Crippen LogP contribution >= 0.6 is 22.6 Å². The quantitative estimate of drug-likeness (QED) is 0.741. The minimum atomic E-state index is 0.242. The van der Waals surface area contributed by atoms with E-state index in [9.17, 15) is 4.79 Å². The summed E-state index contributed by atoms with van der Waals surface area (Å²) in [6.07, 6.45) is 2.52. The summed E-state index contributed by atoms with van der Waals surface area (Å²) in [6, 6.07) is 14.1. The predicted molar refractivity (Wildman–Crippen MR) is 87.2 cm³/mol. The van der Waals surface area contributed by atoms with E-state index in [1.54, 1.807) is 0 Å². The third kappa shape index (κ3) is 2.87. The van der Waals surface area contributed by atoms with Crippen molar-refractivity contribution in [3.8, 4) is 5.75 Å². The summed E-state index contributed by atoms with van der Waals surface area (Å²) in [7, 11) is 0. The number of hydrogen-bond acceptors (Lipinski definition) is 2. The van der Waals surface area contributed by atoms with Gasteiger partial charge in [-0.1, -0.05) is 24.3 Å². The maximum Gasteiger partial charge on any atom is 0.163 e. The van der Waals surface area contributed by atoms with Gasteiger partial charge in [0.2, 0.25) is 0 Å². The van der Waals surface area contributed by atoms with E-state index in [4.69, 9.17) is 4.74 Å². The third-order valence-electron chi connectivity index (χ3n) is 3.57. The van der Waals surface area contributed by atoms with Crippen molar-refractivity contribution in [3.05, 3.63) is 62.7 Å². The number of ether oxygens (including phenoxy) is 1. The fraction of sp³-hybridized carbons (Fsp3) is 0.235. The molecule has 0 heterocycles. The minimum absolute atomic E-state index is 0.242. The van der Waals surface area contributed by atoms with Crippen molar-refractivity contribution in [2.75, 3.05) is 0 Å². The molecule has 102 valence electrons. The molecule has 0 aliphatic heterocycles. The summed E-state index contributed by atoms with van der Waals surface area (Å²) in [5.41, 5.74) is 3.07. The van der Waals surface area contributed by atoms with Gasteiger partial charge in [-0.15, -0.1) is 0 Å². The van der Waals surface area contributed by atoms with E-state index in [0.29, 0.717) is 13.0 Å². The van der Waals surface area contributed by atoms with E-state index in [-0.39, 0.29) is 5.78 Å². The number of Topliss-reactive ketones (excluding diaryl/α,β-unsaturated/α-hetero) is 1. The van der Waals surface area contributed by atoms with Crippen molar-refractivity contribution < 1.29 is 9.53 Å². The Balaban J connectivity index is 1.79. The summed E-state index contributed by atoms with van der Waals surface area (Å²) in [6.45, 7) is 0.543. The fourth-order valence-electron chi connectivity index (χ4n) is 2.52. The second-order valence-corrected chi connectivity index (χ2v) is 6.22. The topological polar surface area (TPSA) is 26.3 Å². The van der Waals surface area contributed by atoms with Gasteiger partial charge in [0.05, 0.1) is 0 Å². The van der Waals surface area contributed by atoms with E-state index in [2.05, 4.69) is 46.9 Å². The van der Waals surface area contributed by atoms with Gasteiger partial charge in [-0.3, -0.25) is 4.79 Å². The molecule has 3 rings (SSSR count). The molecule has 0 atom stereocenters.